The maximum atomic E-state index is 12.1. The van der Waals surface area contributed by atoms with Gasteiger partial charge in [0.1, 0.15) is 5.69 Å². The second-order valence-electron chi connectivity index (χ2n) is 6.21. The molecule has 8 heteroatoms. The summed E-state index contributed by atoms with van der Waals surface area (Å²) < 4.78 is 4.83. The molecule has 0 radical (unpaired) electrons. The second kappa shape index (κ2) is 9.40. The summed E-state index contributed by atoms with van der Waals surface area (Å²) in [5.41, 5.74) is 2.32. The minimum atomic E-state index is -0.705. The van der Waals surface area contributed by atoms with Crippen LogP contribution in [-0.2, 0) is 14.3 Å². The van der Waals surface area contributed by atoms with Crippen molar-refractivity contribution in [1.82, 2.24) is 0 Å². The van der Waals surface area contributed by atoms with Crippen LogP contribution in [0.5, 0.6) is 0 Å². The number of hydrogen-bond acceptors (Lipinski definition) is 6. The van der Waals surface area contributed by atoms with E-state index in [4.69, 9.17) is 4.74 Å². The van der Waals surface area contributed by atoms with Gasteiger partial charge in [0.05, 0.1) is 11.3 Å². The van der Waals surface area contributed by atoms with Crippen LogP contribution in [0.4, 0.5) is 11.4 Å². The summed E-state index contributed by atoms with van der Waals surface area (Å²) in [7, 11) is 0. The zero-order valence-electron chi connectivity index (χ0n) is 15.6. The average molecular weight is 384 g/mol. The molecule has 2 rings (SSSR count). The van der Waals surface area contributed by atoms with E-state index >= 15 is 0 Å². The fraction of sp³-hybridized carbons (Fsp3) is 0.250. The van der Waals surface area contributed by atoms with E-state index in [2.05, 4.69) is 5.32 Å². The first-order valence-corrected chi connectivity index (χ1v) is 8.57. The molecule has 146 valence electrons. The number of carbonyl (C=O) groups excluding carboxylic acids is 3. The van der Waals surface area contributed by atoms with Crippen LogP contribution in [0.2, 0.25) is 0 Å². The largest absolute Gasteiger partial charge is 0.456 e. The van der Waals surface area contributed by atoms with Gasteiger partial charge in [0.25, 0.3) is 11.6 Å². The second-order valence-corrected chi connectivity index (χ2v) is 6.21. The number of ether oxygens (including phenoxy) is 1. The molecule has 1 N–H and O–H groups in total. The maximum absolute atomic E-state index is 12.1. The molecule has 0 fully saturated rings. The first-order valence-electron chi connectivity index (χ1n) is 8.57. The molecule has 0 unspecified atom stereocenters. The lowest BCUT2D eigenvalue weighted by Gasteiger charge is -2.07. The molecule has 2 aromatic rings. The van der Waals surface area contributed by atoms with Crippen molar-refractivity contribution in [3.8, 4) is 0 Å². The third-order valence-corrected chi connectivity index (χ3v) is 4.12. The highest BCUT2D eigenvalue weighted by molar-refractivity contribution is 5.98. The third-order valence-electron chi connectivity index (χ3n) is 4.12. The van der Waals surface area contributed by atoms with Crippen LogP contribution in [0.15, 0.2) is 42.5 Å². The van der Waals surface area contributed by atoms with Crippen LogP contribution in [-0.4, -0.2) is 29.2 Å². The van der Waals surface area contributed by atoms with Crippen molar-refractivity contribution in [2.75, 3.05) is 11.9 Å². The Morgan fingerprint density at radius 2 is 1.75 bits per heavy atom. The first-order chi connectivity index (χ1) is 13.3. The topological polar surface area (TPSA) is 116 Å². The molecule has 28 heavy (non-hydrogen) atoms. The number of nitro benzene ring substituents is 1. The number of nitro groups is 1. The summed E-state index contributed by atoms with van der Waals surface area (Å²) in [6.07, 6.45) is -0.197. The van der Waals surface area contributed by atoms with E-state index in [1.807, 2.05) is 19.9 Å². The van der Waals surface area contributed by atoms with Gasteiger partial charge < -0.3 is 10.1 Å². The van der Waals surface area contributed by atoms with Crippen molar-refractivity contribution in [1.29, 1.82) is 0 Å². The lowest BCUT2D eigenvalue weighted by Crippen LogP contribution is -2.21. The zero-order chi connectivity index (χ0) is 20.7. The lowest BCUT2D eigenvalue weighted by molar-refractivity contribution is -0.383. The Morgan fingerprint density at radius 1 is 1.04 bits per heavy atom. The van der Waals surface area contributed by atoms with E-state index in [0.29, 0.717) is 5.56 Å². The molecule has 2 aromatic carbocycles. The normalized spacial score (nSPS) is 10.2. The van der Waals surface area contributed by atoms with Crippen molar-refractivity contribution >= 4 is 29.0 Å². The number of esters is 1. The minimum absolute atomic E-state index is 0.0125. The minimum Gasteiger partial charge on any atom is -0.456 e. The number of carbonyl (C=O) groups is 3. The average Bonchev–Trinajstić information content (AvgIpc) is 2.66. The van der Waals surface area contributed by atoms with Crippen LogP contribution in [0.1, 0.15) is 34.3 Å². The standard InChI is InChI=1S/C20H20N2O6/c1-13-7-8-15(11-14(13)2)18(23)9-10-20(25)28-12-19(24)21-16-5-3-4-6-17(16)22(26)27/h3-8,11H,9-10,12H2,1-2H3,(H,21,24). The molecule has 0 saturated heterocycles. The molecule has 0 aromatic heterocycles. The number of rotatable bonds is 8. The van der Waals surface area contributed by atoms with Crippen molar-refractivity contribution in [2.24, 2.45) is 0 Å². The van der Waals surface area contributed by atoms with Gasteiger partial charge in [-0.15, -0.1) is 0 Å². The first kappa shape index (κ1) is 20.8. The van der Waals surface area contributed by atoms with Gasteiger partial charge in [-0.25, -0.2) is 0 Å². The third kappa shape index (κ3) is 5.73. The Kier molecular flexibility index (Phi) is 6.97. The number of nitrogens with zero attached hydrogens (tertiary/aromatic N) is 1. The smallest absolute Gasteiger partial charge is 0.306 e. The number of nitrogens with one attached hydrogen (secondary N) is 1. The number of anilines is 1. The van der Waals surface area contributed by atoms with Gasteiger partial charge >= 0.3 is 5.97 Å². The predicted octanol–water partition coefficient (Wildman–Crippen LogP) is 3.36. The van der Waals surface area contributed by atoms with Gasteiger partial charge in [0.15, 0.2) is 12.4 Å². The monoisotopic (exact) mass is 384 g/mol. The highest BCUT2D eigenvalue weighted by Gasteiger charge is 2.16. The molecule has 8 nitrogen and oxygen atoms in total. The summed E-state index contributed by atoms with van der Waals surface area (Å²) in [6, 6.07) is 10.9. The molecule has 1 amide bonds. The Balaban J connectivity index is 1.80. The Labute approximate surface area is 161 Å². The molecule has 0 heterocycles. The number of amides is 1. The Hall–Kier alpha value is -3.55. The van der Waals surface area contributed by atoms with E-state index in [0.717, 1.165) is 11.1 Å². The quantitative estimate of drug-likeness (QED) is 0.323. The maximum Gasteiger partial charge on any atom is 0.306 e. The van der Waals surface area contributed by atoms with Crippen LogP contribution >= 0.6 is 0 Å². The van der Waals surface area contributed by atoms with E-state index in [1.54, 1.807) is 12.1 Å². The highest BCUT2D eigenvalue weighted by atomic mass is 16.6. The summed E-state index contributed by atoms with van der Waals surface area (Å²) in [4.78, 5) is 46.0. The molecule has 0 atom stereocenters. The molecular weight excluding hydrogens is 364 g/mol. The molecule has 0 aliphatic heterocycles. The lowest BCUT2D eigenvalue weighted by atomic mass is 10.0. The number of ketones is 1. The number of hydrogen-bond donors (Lipinski definition) is 1. The SMILES string of the molecule is Cc1ccc(C(=O)CCC(=O)OCC(=O)Nc2ccccc2[N+](=O)[O-])cc1C. The van der Waals surface area contributed by atoms with Gasteiger partial charge in [-0.3, -0.25) is 24.5 Å². The summed E-state index contributed by atoms with van der Waals surface area (Å²) in [5, 5.41) is 13.2. The van der Waals surface area contributed by atoms with Gasteiger partial charge in [-0.05, 0) is 37.1 Å². The molecule has 0 aliphatic rings. The molecule has 0 bridgehead atoms. The van der Waals surface area contributed by atoms with Crippen molar-refractivity contribution in [3.63, 3.8) is 0 Å². The summed E-state index contributed by atoms with van der Waals surface area (Å²) in [6.45, 7) is 3.24. The van der Waals surface area contributed by atoms with E-state index in [1.165, 1.54) is 24.3 Å². The number of aryl methyl sites for hydroxylation is 2. The van der Waals surface area contributed by atoms with E-state index in [9.17, 15) is 24.5 Å². The molecule has 0 spiro atoms. The zero-order valence-corrected chi connectivity index (χ0v) is 15.6. The predicted molar refractivity (Wildman–Crippen MR) is 102 cm³/mol. The number of Topliss-reactive ketones (excluding diaryl/α,β-unsaturated/α-hetero) is 1. The van der Waals surface area contributed by atoms with Gasteiger partial charge in [0.2, 0.25) is 0 Å². The van der Waals surface area contributed by atoms with Crippen LogP contribution in [0.25, 0.3) is 0 Å². The number of para-hydroxylation sites is 2. The Morgan fingerprint density at radius 3 is 2.43 bits per heavy atom. The van der Waals surface area contributed by atoms with E-state index < -0.39 is 23.4 Å². The number of benzene rings is 2. The van der Waals surface area contributed by atoms with Crippen LogP contribution < -0.4 is 5.32 Å². The van der Waals surface area contributed by atoms with E-state index in [-0.39, 0.29) is 30.0 Å². The van der Waals surface area contributed by atoms with Crippen molar-refractivity contribution in [3.05, 3.63) is 69.3 Å². The molecule has 0 aliphatic carbocycles. The molecular formula is C20H20N2O6. The van der Waals surface area contributed by atoms with Gasteiger partial charge in [-0.1, -0.05) is 24.3 Å². The fourth-order valence-electron chi connectivity index (χ4n) is 2.42. The van der Waals surface area contributed by atoms with Gasteiger partial charge in [0, 0.05) is 18.1 Å². The summed E-state index contributed by atoms with van der Waals surface area (Å²) in [5.74, 6) is -1.59. The van der Waals surface area contributed by atoms with Crippen LogP contribution in [0.3, 0.4) is 0 Å². The van der Waals surface area contributed by atoms with Gasteiger partial charge in [-0.2, -0.15) is 0 Å². The molecule has 0 saturated carbocycles. The van der Waals surface area contributed by atoms with Crippen LogP contribution in [0, 0.1) is 24.0 Å². The van der Waals surface area contributed by atoms with Crippen molar-refractivity contribution < 1.29 is 24.0 Å². The summed E-state index contributed by atoms with van der Waals surface area (Å²) >= 11 is 0. The fourth-order valence-corrected chi connectivity index (χ4v) is 2.42. The van der Waals surface area contributed by atoms with Crippen molar-refractivity contribution in [2.45, 2.75) is 26.7 Å². The Bertz CT molecular complexity index is 923. The highest BCUT2D eigenvalue weighted by Crippen LogP contribution is 2.22.